The van der Waals surface area contributed by atoms with Crippen LogP contribution < -0.4 is 11.1 Å². The third-order valence-electron chi connectivity index (χ3n) is 3.66. The highest BCUT2D eigenvalue weighted by Gasteiger charge is 2.31. The fourth-order valence-electron chi connectivity index (χ4n) is 2.49. The van der Waals surface area contributed by atoms with E-state index in [1.54, 1.807) is 13.8 Å². The number of hydrogen-bond donors (Lipinski definition) is 3. The van der Waals surface area contributed by atoms with Gasteiger partial charge in [-0.3, -0.25) is 4.79 Å². The van der Waals surface area contributed by atoms with Gasteiger partial charge in [-0.05, 0) is 38.2 Å². The lowest BCUT2D eigenvalue weighted by Crippen LogP contribution is -2.53. The summed E-state index contributed by atoms with van der Waals surface area (Å²) in [5.74, 6) is -0.958. The van der Waals surface area contributed by atoms with Crippen molar-refractivity contribution in [1.29, 1.82) is 0 Å². The number of nitrogens with two attached hydrogens (primary N) is 1. The van der Waals surface area contributed by atoms with E-state index < -0.39 is 30.1 Å². The molecule has 0 aliphatic rings. The second-order valence-corrected chi connectivity index (χ2v) is 6.97. The van der Waals surface area contributed by atoms with Gasteiger partial charge in [-0.25, -0.2) is 4.79 Å². The van der Waals surface area contributed by atoms with Crippen LogP contribution in [0.5, 0.6) is 0 Å². The molecule has 1 amide bonds. The fourth-order valence-corrected chi connectivity index (χ4v) is 2.49. The topological polar surface area (TPSA) is 102 Å². The summed E-state index contributed by atoms with van der Waals surface area (Å²) < 4.78 is 5.04. The van der Waals surface area contributed by atoms with E-state index in [1.807, 2.05) is 44.2 Å². The quantitative estimate of drug-likeness (QED) is 0.584. The summed E-state index contributed by atoms with van der Waals surface area (Å²) >= 11 is 0. The largest absolute Gasteiger partial charge is 0.461 e. The molecule has 0 aromatic heterocycles. The Labute approximate surface area is 149 Å². The first-order chi connectivity index (χ1) is 11.7. The first-order valence-electron chi connectivity index (χ1n) is 8.69. The molecule has 6 nitrogen and oxygen atoms in total. The monoisotopic (exact) mass is 350 g/mol. The van der Waals surface area contributed by atoms with Crippen molar-refractivity contribution in [2.75, 3.05) is 0 Å². The van der Waals surface area contributed by atoms with Crippen LogP contribution in [0.1, 0.15) is 39.7 Å². The van der Waals surface area contributed by atoms with Crippen LogP contribution in [0.3, 0.4) is 0 Å². The summed E-state index contributed by atoms with van der Waals surface area (Å²) in [5.41, 5.74) is 6.92. The van der Waals surface area contributed by atoms with Crippen LogP contribution in [0.2, 0.25) is 0 Å². The van der Waals surface area contributed by atoms with Gasteiger partial charge in [0.05, 0.1) is 18.2 Å². The highest BCUT2D eigenvalue weighted by molar-refractivity contribution is 5.83. The Morgan fingerprint density at radius 2 is 1.76 bits per heavy atom. The zero-order valence-corrected chi connectivity index (χ0v) is 15.4. The molecule has 6 heteroatoms. The number of hydrogen-bond acceptors (Lipinski definition) is 5. The number of carbonyl (C=O) groups is 2. The van der Waals surface area contributed by atoms with E-state index in [0.29, 0.717) is 12.8 Å². The molecule has 0 aliphatic heterocycles. The van der Waals surface area contributed by atoms with Gasteiger partial charge in [-0.1, -0.05) is 44.2 Å². The van der Waals surface area contributed by atoms with Crippen molar-refractivity contribution < 1.29 is 19.4 Å². The standard InChI is InChI=1S/C19H30N2O4/c1-12(2)10-16(17(22)19(24)25-13(3)4)21-18(23)15(20)11-14-8-6-5-7-9-14/h5-9,12-13,15-17,22H,10-11,20H2,1-4H3,(H,21,23)/t15-,16-,17?/m0/s1. The van der Waals surface area contributed by atoms with Crippen molar-refractivity contribution in [1.82, 2.24) is 5.32 Å². The van der Waals surface area contributed by atoms with Crippen molar-refractivity contribution in [2.24, 2.45) is 11.7 Å². The molecule has 0 radical (unpaired) electrons. The molecule has 25 heavy (non-hydrogen) atoms. The van der Waals surface area contributed by atoms with Crippen molar-refractivity contribution in [2.45, 2.75) is 64.8 Å². The molecule has 1 aromatic carbocycles. The zero-order valence-electron chi connectivity index (χ0n) is 15.4. The van der Waals surface area contributed by atoms with E-state index in [2.05, 4.69) is 5.32 Å². The molecule has 0 aliphatic carbocycles. The van der Waals surface area contributed by atoms with Crippen molar-refractivity contribution >= 4 is 11.9 Å². The van der Waals surface area contributed by atoms with Crippen LogP contribution in [0, 0.1) is 5.92 Å². The molecule has 4 N–H and O–H groups in total. The Morgan fingerprint density at radius 3 is 2.28 bits per heavy atom. The molecule has 0 bridgehead atoms. The van der Waals surface area contributed by atoms with Crippen LogP contribution in [-0.2, 0) is 20.7 Å². The third kappa shape index (κ3) is 7.67. The Hall–Kier alpha value is -1.92. The Bertz CT molecular complexity index is 546. The molecule has 1 unspecified atom stereocenters. The summed E-state index contributed by atoms with van der Waals surface area (Å²) in [6, 6.07) is 7.96. The van der Waals surface area contributed by atoms with Crippen LogP contribution in [0.15, 0.2) is 30.3 Å². The minimum Gasteiger partial charge on any atom is -0.461 e. The van der Waals surface area contributed by atoms with Gasteiger partial charge >= 0.3 is 5.97 Å². The summed E-state index contributed by atoms with van der Waals surface area (Å²) in [4.78, 5) is 24.4. The molecule has 0 spiro atoms. The number of aliphatic hydroxyl groups excluding tert-OH is 1. The van der Waals surface area contributed by atoms with E-state index >= 15 is 0 Å². The molecular weight excluding hydrogens is 320 g/mol. The number of nitrogens with one attached hydrogen (secondary N) is 1. The molecule has 0 saturated heterocycles. The lowest BCUT2D eigenvalue weighted by molar-refractivity contribution is -0.159. The average Bonchev–Trinajstić information content (AvgIpc) is 2.53. The lowest BCUT2D eigenvalue weighted by Gasteiger charge is -2.26. The van der Waals surface area contributed by atoms with E-state index in [0.717, 1.165) is 5.56 Å². The van der Waals surface area contributed by atoms with Crippen LogP contribution in [-0.4, -0.2) is 41.3 Å². The lowest BCUT2D eigenvalue weighted by atomic mass is 9.98. The van der Waals surface area contributed by atoms with E-state index in [-0.39, 0.29) is 12.0 Å². The molecule has 3 atom stereocenters. The molecule has 0 saturated carbocycles. The highest BCUT2D eigenvalue weighted by Crippen LogP contribution is 2.11. The SMILES string of the molecule is CC(C)C[C@H](NC(=O)[C@@H](N)Cc1ccccc1)C(O)C(=O)OC(C)C. The summed E-state index contributed by atoms with van der Waals surface area (Å²) in [7, 11) is 0. The second kappa shape index (κ2) is 10.2. The third-order valence-corrected chi connectivity index (χ3v) is 3.66. The maximum absolute atomic E-state index is 12.4. The first-order valence-corrected chi connectivity index (χ1v) is 8.69. The smallest absolute Gasteiger partial charge is 0.337 e. The minimum atomic E-state index is -1.42. The number of ether oxygens (including phenoxy) is 1. The van der Waals surface area contributed by atoms with Gasteiger partial charge in [0.15, 0.2) is 6.10 Å². The van der Waals surface area contributed by atoms with Crippen molar-refractivity contribution in [3.05, 3.63) is 35.9 Å². The number of esters is 1. The van der Waals surface area contributed by atoms with Gasteiger partial charge in [0, 0.05) is 0 Å². The molecular formula is C19H30N2O4. The van der Waals surface area contributed by atoms with Crippen molar-refractivity contribution in [3.8, 4) is 0 Å². The van der Waals surface area contributed by atoms with Gasteiger partial charge < -0.3 is 20.9 Å². The number of carbonyl (C=O) groups excluding carboxylic acids is 2. The average molecular weight is 350 g/mol. The summed E-state index contributed by atoms with van der Waals surface area (Å²) in [6.45, 7) is 7.31. The Balaban J connectivity index is 2.72. The normalized spacial score (nSPS) is 14.9. The second-order valence-electron chi connectivity index (χ2n) is 6.97. The first kappa shape index (κ1) is 21.1. The fraction of sp³-hybridized carbons (Fsp3) is 0.579. The summed E-state index contributed by atoms with van der Waals surface area (Å²) in [5, 5.41) is 13.0. The highest BCUT2D eigenvalue weighted by atomic mass is 16.6. The van der Waals surface area contributed by atoms with E-state index in [4.69, 9.17) is 10.5 Å². The predicted octanol–water partition coefficient (Wildman–Crippen LogP) is 1.40. The van der Waals surface area contributed by atoms with Crippen LogP contribution in [0.4, 0.5) is 0 Å². The van der Waals surface area contributed by atoms with E-state index in [1.165, 1.54) is 0 Å². The molecule has 1 aromatic rings. The Morgan fingerprint density at radius 1 is 1.16 bits per heavy atom. The van der Waals surface area contributed by atoms with Crippen LogP contribution in [0.25, 0.3) is 0 Å². The number of aliphatic hydroxyl groups is 1. The van der Waals surface area contributed by atoms with Gasteiger partial charge in [-0.2, -0.15) is 0 Å². The van der Waals surface area contributed by atoms with Gasteiger partial charge in [0.2, 0.25) is 5.91 Å². The number of amides is 1. The molecule has 140 valence electrons. The molecule has 0 heterocycles. The number of rotatable bonds is 9. The molecule has 0 fully saturated rings. The summed E-state index contributed by atoms with van der Waals surface area (Å²) in [6.07, 6.45) is -0.929. The van der Waals surface area contributed by atoms with Gasteiger partial charge in [-0.15, -0.1) is 0 Å². The van der Waals surface area contributed by atoms with Crippen molar-refractivity contribution in [3.63, 3.8) is 0 Å². The van der Waals surface area contributed by atoms with E-state index in [9.17, 15) is 14.7 Å². The van der Waals surface area contributed by atoms with Gasteiger partial charge in [0.25, 0.3) is 0 Å². The maximum atomic E-state index is 12.4. The Kier molecular flexibility index (Phi) is 8.58. The van der Waals surface area contributed by atoms with Crippen LogP contribution >= 0.6 is 0 Å². The number of benzene rings is 1. The zero-order chi connectivity index (χ0) is 19.0. The minimum absolute atomic E-state index is 0.178. The van der Waals surface area contributed by atoms with Gasteiger partial charge in [0.1, 0.15) is 0 Å². The molecule has 1 rings (SSSR count). The predicted molar refractivity (Wildman–Crippen MR) is 96.7 cm³/mol. The maximum Gasteiger partial charge on any atom is 0.337 e.